The first-order valence-electron chi connectivity index (χ1n) is 12.0. The Balaban J connectivity index is 1.28. The molecular weight excluding hydrogens is 469 g/mol. The molecule has 8 nitrogen and oxygen atoms in total. The first-order valence-corrected chi connectivity index (χ1v) is 12.0. The number of rotatable bonds is 5. The van der Waals surface area contributed by atoms with Crippen molar-refractivity contribution in [3.8, 4) is 33.6 Å². The van der Waals surface area contributed by atoms with Gasteiger partial charge in [-0.3, -0.25) is 19.9 Å². The van der Waals surface area contributed by atoms with Gasteiger partial charge in [0.15, 0.2) is 5.65 Å². The van der Waals surface area contributed by atoms with Crippen LogP contribution in [0.1, 0.15) is 12.8 Å². The number of pyridine rings is 3. The molecule has 0 aliphatic heterocycles. The summed E-state index contributed by atoms with van der Waals surface area (Å²) in [5, 5.41) is 12.2. The highest BCUT2D eigenvalue weighted by Gasteiger charge is 2.29. The Labute approximate surface area is 210 Å². The molecule has 0 bridgehead atoms. The zero-order valence-corrected chi connectivity index (χ0v) is 19.5. The van der Waals surface area contributed by atoms with Gasteiger partial charge in [0.1, 0.15) is 5.82 Å². The molecule has 1 saturated carbocycles. The van der Waals surface area contributed by atoms with Crippen LogP contribution in [0.5, 0.6) is 0 Å². The van der Waals surface area contributed by atoms with Gasteiger partial charge in [-0.05, 0) is 48.7 Å². The summed E-state index contributed by atoms with van der Waals surface area (Å²) in [5.41, 5.74) is 6.92. The van der Waals surface area contributed by atoms with Crippen molar-refractivity contribution >= 4 is 33.5 Å². The average Bonchev–Trinajstić information content (AvgIpc) is 3.55. The minimum Gasteiger partial charge on any atom is -0.352 e. The Morgan fingerprint density at radius 1 is 0.919 bits per heavy atom. The van der Waals surface area contributed by atoms with Crippen LogP contribution in [0.4, 0.5) is 10.1 Å². The lowest BCUT2D eigenvalue weighted by Crippen LogP contribution is -2.13. The van der Waals surface area contributed by atoms with E-state index in [0.29, 0.717) is 11.3 Å². The van der Waals surface area contributed by atoms with Gasteiger partial charge in [0.05, 0.1) is 35.0 Å². The summed E-state index contributed by atoms with van der Waals surface area (Å²) < 4.78 is 13.9. The molecule has 1 aromatic carbocycles. The van der Waals surface area contributed by atoms with Crippen molar-refractivity contribution in [2.24, 2.45) is 5.92 Å². The van der Waals surface area contributed by atoms with Crippen molar-refractivity contribution in [3.05, 3.63) is 79.3 Å². The fourth-order valence-electron chi connectivity index (χ4n) is 4.59. The number of benzene rings is 1. The van der Waals surface area contributed by atoms with Gasteiger partial charge in [0, 0.05) is 52.0 Å². The fourth-order valence-corrected chi connectivity index (χ4v) is 4.59. The third-order valence-electron chi connectivity index (χ3n) is 6.65. The Morgan fingerprint density at radius 2 is 1.78 bits per heavy atom. The van der Waals surface area contributed by atoms with Crippen LogP contribution < -0.4 is 5.32 Å². The number of halogens is 1. The maximum absolute atomic E-state index is 13.9. The highest BCUT2D eigenvalue weighted by molar-refractivity contribution is 6.01. The van der Waals surface area contributed by atoms with E-state index in [4.69, 9.17) is 0 Å². The van der Waals surface area contributed by atoms with Crippen LogP contribution in [0.3, 0.4) is 0 Å². The lowest BCUT2D eigenvalue weighted by molar-refractivity contribution is -0.117. The van der Waals surface area contributed by atoms with E-state index in [2.05, 4.69) is 35.5 Å². The van der Waals surface area contributed by atoms with Crippen molar-refractivity contribution in [3.63, 3.8) is 0 Å². The minimum absolute atomic E-state index is 0.0376. The molecule has 3 N–H and O–H groups in total. The molecule has 6 aromatic rings. The number of carbonyl (C=O) groups is 1. The molecular formula is C28H20FN7O. The van der Waals surface area contributed by atoms with Crippen molar-refractivity contribution < 1.29 is 9.18 Å². The average molecular weight is 490 g/mol. The molecule has 0 unspecified atom stereocenters. The summed E-state index contributed by atoms with van der Waals surface area (Å²) in [4.78, 5) is 28.8. The smallest absolute Gasteiger partial charge is 0.227 e. The fraction of sp³-hybridized carbons (Fsp3) is 0.107. The van der Waals surface area contributed by atoms with E-state index in [0.717, 1.165) is 62.8 Å². The number of H-pyrrole nitrogens is 2. The van der Waals surface area contributed by atoms with Crippen LogP contribution in [0, 0.1) is 11.7 Å². The number of aromatic amines is 2. The number of fused-ring (bicyclic) bond motifs is 2. The first kappa shape index (κ1) is 21.4. The maximum atomic E-state index is 13.9. The predicted octanol–water partition coefficient (Wildman–Crippen LogP) is 5.72. The van der Waals surface area contributed by atoms with E-state index in [9.17, 15) is 9.18 Å². The highest BCUT2D eigenvalue weighted by atomic mass is 19.1. The minimum atomic E-state index is -0.297. The van der Waals surface area contributed by atoms with Gasteiger partial charge in [0.2, 0.25) is 5.91 Å². The number of carbonyl (C=O) groups excluding carboxylic acids is 1. The highest BCUT2D eigenvalue weighted by Crippen LogP contribution is 2.35. The molecule has 5 heterocycles. The number of nitrogens with zero attached hydrogens (tertiary/aromatic N) is 4. The Hall–Kier alpha value is -4.92. The number of nitrogens with one attached hydrogen (secondary N) is 3. The van der Waals surface area contributed by atoms with Gasteiger partial charge in [-0.2, -0.15) is 5.10 Å². The van der Waals surface area contributed by atoms with Crippen molar-refractivity contribution in [1.82, 2.24) is 30.1 Å². The van der Waals surface area contributed by atoms with Gasteiger partial charge >= 0.3 is 0 Å². The van der Waals surface area contributed by atoms with Crippen LogP contribution in [0.2, 0.25) is 0 Å². The lowest BCUT2D eigenvalue weighted by atomic mass is 10.0. The van der Waals surface area contributed by atoms with Crippen LogP contribution in [0.25, 0.3) is 55.6 Å². The summed E-state index contributed by atoms with van der Waals surface area (Å²) in [7, 11) is 0. The largest absolute Gasteiger partial charge is 0.352 e. The number of hydrogen-bond acceptors (Lipinski definition) is 5. The van der Waals surface area contributed by atoms with Gasteiger partial charge in [0.25, 0.3) is 0 Å². The van der Waals surface area contributed by atoms with Crippen LogP contribution in [-0.4, -0.2) is 36.0 Å². The molecule has 37 heavy (non-hydrogen) atoms. The summed E-state index contributed by atoms with van der Waals surface area (Å²) in [6, 6.07) is 12.4. The van der Waals surface area contributed by atoms with Gasteiger partial charge in [-0.15, -0.1) is 0 Å². The van der Waals surface area contributed by atoms with E-state index in [1.54, 1.807) is 37.1 Å². The van der Waals surface area contributed by atoms with Crippen LogP contribution in [-0.2, 0) is 4.79 Å². The maximum Gasteiger partial charge on any atom is 0.227 e. The van der Waals surface area contributed by atoms with Crippen molar-refractivity contribution in [2.75, 3.05) is 5.32 Å². The summed E-state index contributed by atoms with van der Waals surface area (Å²) in [6.45, 7) is 0. The molecule has 0 atom stereocenters. The van der Waals surface area contributed by atoms with Crippen LogP contribution in [0.15, 0.2) is 73.4 Å². The molecule has 1 amide bonds. The normalized spacial score (nSPS) is 13.3. The van der Waals surface area contributed by atoms with E-state index < -0.39 is 0 Å². The quantitative estimate of drug-likeness (QED) is 0.287. The number of anilines is 1. The second-order valence-corrected chi connectivity index (χ2v) is 9.26. The lowest BCUT2D eigenvalue weighted by Gasteiger charge is -2.07. The summed E-state index contributed by atoms with van der Waals surface area (Å²) in [5.74, 6) is -0.146. The molecule has 0 radical (unpaired) electrons. The molecule has 180 valence electrons. The predicted molar refractivity (Wildman–Crippen MR) is 139 cm³/mol. The topological polar surface area (TPSA) is 112 Å². The summed E-state index contributed by atoms with van der Waals surface area (Å²) in [6.07, 6.45) is 10.5. The Kier molecular flexibility index (Phi) is 4.81. The molecule has 1 aliphatic rings. The Bertz CT molecular complexity index is 1820. The van der Waals surface area contributed by atoms with E-state index >= 15 is 0 Å². The molecule has 7 rings (SSSR count). The van der Waals surface area contributed by atoms with Gasteiger partial charge < -0.3 is 10.3 Å². The SMILES string of the molecule is O=C(Nc1cncc(-c2cnc3n[nH]c(-c4cc5c(-c6cccc(F)c6)cncc5[nH]4)c3c2)c1)C1CC1. The number of aromatic nitrogens is 6. The third kappa shape index (κ3) is 3.90. The molecule has 5 aromatic heterocycles. The van der Waals surface area contributed by atoms with E-state index in [-0.39, 0.29) is 17.6 Å². The van der Waals surface area contributed by atoms with Gasteiger partial charge in [-0.1, -0.05) is 12.1 Å². The second kappa shape index (κ2) is 8.34. The van der Waals surface area contributed by atoms with Crippen molar-refractivity contribution in [1.29, 1.82) is 0 Å². The molecule has 1 fully saturated rings. The zero-order chi connectivity index (χ0) is 24.9. The first-order chi connectivity index (χ1) is 18.1. The zero-order valence-electron chi connectivity index (χ0n) is 19.5. The Morgan fingerprint density at radius 3 is 2.65 bits per heavy atom. The second-order valence-electron chi connectivity index (χ2n) is 9.26. The standard InChI is InChI=1S/C28H20FN7O/c29-19-3-1-2-16(6-19)23-13-31-14-25-21(23)9-24(34-25)26-22-8-18(11-32-27(22)36-35-26)17-7-20(12-30-10-17)33-28(37)15-4-5-15/h1-3,6-15,34H,4-5H2,(H,33,37)(H,32,35,36). The van der Waals surface area contributed by atoms with E-state index in [1.165, 1.54) is 12.1 Å². The summed E-state index contributed by atoms with van der Waals surface area (Å²) >= 11 is 0. The third-order valence-corrected chi connectivity index (χ3v) is 6.65. The molecule has 0 spiro atoms. The molecule has 9 heteroatoms. The number of amides is 1. The molecule has 0 saturated heterocycles. The number of hydrogen-bond donors (Lipinski definition) is 3. The van der Waals surface area contributed by atoms with Gasteiger partial charge in [-0.25, -0.2) is 9.37 Å². The monoisotopic (exact) mass is 489 g/mol. The van der Waals surface area contributed by atoms with E-state index in [1.807, 2.05) is 24.3 Å². The van der Waals surface area contributed by atoms with Crippen molar-refractivity contribution in [2.45, 2.75) is 12.8 Å². The van der Waals surface area contributed by atoms with Crippen LogP contribution >= 0.6 is 0 Å². The molecule has 1 aliphatic carbocycles.